The van der Waals surface area contributed by atoms with Crippen molar-refractivity contribution < 1.29 is 28.2 Å². The quantitative estimate of drug-likeness (QED) is 0.739. The number of ether oxygens (including phenoxy) is 1. The number of carboxylic acid groups (broad SMARTS) is 1. The fraction of sp³-hybridized carbons (Fsp3) is 0.650. The molecule has 1 saturated heterocycles. The van der Waals surface area contributed by atoms with Crippen LogP contribution < -0.4 is 0 Å². The van der Waals surface area contributed by atoms with Gasteiger partial charge in [-0.2, -0.15) is 0 Å². The molecule has 1 N–H and O–H groups in total. The first-order chi connectivity index (χ1) is 13.6. The molecule has 1 aliphatic heterocycles. The number of halogens is 2. The highest BCUT2D eigenvalue weighted by atomic mass is 19.1. The predicted octanol–water partition coefficient (Wildman–Crippen LogP) is 2.39. The molecule has 0 radical (unpaired) electrons. The van der Waals surface area contributed by atoms with Crippen LogP contribution in [0.15, 0.2) is 6.20 Å². The van der Waals surface area contributed by atoms with Crippen LogP contribution in [0.25, 0.3) is 0 Å². The van der Waals surface area contributed by atoms with Gasteiger partial charge in [0.15, 0.2) is 5.82 Å². The van der Waals surface area contributed by atoms with Crippen LogP contribution in [0.5, 0.6) is 0 Å². The lowest BCUT2D eigenvalue weighted by Gasteiger charge is -2.47. The summed E-state index contributed by atoms with van der Waals surface area (Å²) in [4.78, 5) is 31.7. The highest BCUT2D eigenvalue weighted by Gasteiger charge is 2.42. The molecule has 1 amide bonds. The van der Waals surface area contributed by atoms with Crippen LogP contribution in [0.4, 0.5) is 8.78 Å². The van der Waals surface area contributed by atoms with E-state index in [1.54, 1.807) is 25.7 Å². The standard InChI is InChI=1S/C20H29F2N3O4/c1-11(2)19(26)25-12(3)9-24(10-16(25)20(27)28)15(6-7-29-5)18-17(22)13(4)14(21)8-23-18/h8,11-12,15-16H,6-7,9-10H2,1-5H3,(H,27,28)/t12-,15-,16-/m1/s1. The van der Waals surface area contributed by atoms with E-state index in [4.69, 9.17) is 4.74 Å². The number of carbonyl (C=O) groups is 2. The highest BCUT2D eigenvalue weighted by molar-refractivity contribution is 5.85. The van der Waals surface area contributed by atoms with Crippen molar-refractivity contribution in [3.05, 3.63) is 29.1 Å². The van der Waals surface area contributed by atoms with Gasteiger partial charge < -0.3 is 14.7 Å². The number of pyridine rings is 1. The van der Waals surface area contributed by atoms with Crippen LogP contribution in [0.1, 0.15) is 44.5 Å². The summed E-state index contributed by atoms with van der Waals surface area (Å²) in [7, 11) is 1.51. The van der Waals surface area contributed by atoms with Crippen molar-refractivity contribution in [3.8, 4) is 0 Å². The van der Waals surface area contributed by atoms with Crippen LogP contribution in [-0.2, 0) is 14.3 Å². The number of amides is 1. The summed E-state index contributed by atoms with van der Waals surface area (Å²) in [5, 5.41) is 9.75. The number of methoxy groups -OCH3 is 1. The maximum absolute atomic E-state index is 14.8. The SMILES string of the molecule is COCC[C@H](c1ncc(F)c(C)c1F)N1C[C@@H](C)N(C(=O)C(C)C)[C@@H](C(=O)O)C1. The summed E-state index contributed by atoms with van der Waals surface area (Å²) in [5.41, 5.74) is -0.0743. The Bertz CT molecular complexity index is 759. The third-order valence-electron chi connectivity index (χ3n) is 5.33. The fourth-order valence-electron chi connectivity index (χ4n) is 3.77. The average molecular weight is 413 g/mol. The van der Waals surface area contributed by atoms with E-state index < -0.39 is 35.7 Å². The number of aromatic nitrogens is 1. The second kappa shape index (κ2) is 9.58. The summed E-state index contributed by atoms with van der Waals surface area (Å²) in [6.07, 6.45) is 1.33. The van der Waals surface area contributed by atoms with E-state index in [0.717, 1.165) is 6.20 Å². The van der Waals surface area contributed by atoms with Crippen LogP contribution in [-0.4, -0.2) is 70.7 Å². The van der Waals surface area contributed by atoms with Crippen molar-refractivity contribution in [1.82, 2.24) is 14.8 Å². The van der Waals surface area contributed by atoms with E-state index in [2.05, 4.69) is 4.98 Å². The molecule has 0 bridgehead atoms. The molecule has 7 nitrogen and oxygen atoms in total. The van der Waals surface area contributed by atoms with Gasteiger partial charge in [0, 0.05) is 44.3 Å². The monoisotopic (exact) mass is 413 g/mol. The molecule has 162 valence electrons. The zero-order chi connectivity index (χ0) is 21.9. The number of carbonyl (C=O) groups excluding carboxylic acids is 1. The minimum absolute atomic E-state index is 0.0179. The number of piperazine rings is 1. The van der Waals surface area contributed by atoms with Crippen molar-refractivity contribution in [2.75, 3.05) is 26.8 Å². The molecule has 2 rings (SSSR count). The first-order valence-corrected chi connectivity index (χ1v) is 9.68. The Kier molecular flexibility index (Phi) is 7.65. The first kappa shape index (κ1) is 23.2. The lowest BCUT2D eigenvalue weighted by molar-refractivity contribution is -0.159. The van der Waals surface area contributed by atoms with Gasteiger partial charge in [0.1, 0.15) is 11.9 Å². The van der Waals surface area contributed by atoms with E-state index >= 15 is 0 Å². The highest BCUT2D eigenvalue weighted by Crippen LogP contribution is 2.31. The van der Waals surface area contributed by atoms with Gasteiger partial charge >= 0.3 is 5.97 Å². The van der Waals surface area contributed by atoms with Crippen molar-refractivity contribution >= 4 is 11.9 Å². The van der Waals surface area contributed by atoms with Gasteiger partial charge in [0.05, 0.1) is 17.9 Å². The molecule has 0 saturated carbocycles. The number of aliphatic carboxylic acids is 1. The molecule has 1 aromatic heterocycles. The Balaban J connectivity index is 2.41. The third-order valence-corrected chi connectivity index (χ3v) is 5.33. The number of hydrogen-bond donors (Lipinski definition) is 1. The summed E-state index contributed by atoms with van der Waals surface area (Å²) >= 11 is 0. The lowest BCUT2D eigenvalue weighted by atomic mass is 9.98. The molecular weight excluding hydrogens is 384 g/mol. The summed E-state index contributed by atoms with van der Waals surface area (Å²) in [6, 6.07) is -2.06. The lowest BCUT2D eigenvalue weighted by Crippen LogP contribution is -2.63. The molecule has 29 heavy (non-hydrogen) atoms. The molecule has 3 atom stereocenters. The van der Waals surface area contributed by atoms with Crippen molar-refractivity contribution in [3.63, 3.8) is 0 Å². The van der Waals surface area contributed by atoms with Gasteiger partial charge in [-0.1, -0.05) is 13.8 Å². The van der Waals surface area contributed by atoms with E-state index in [1.807, 2.05) is 0 Å². The number of rotatable bonds is 7. The Morgan fingerprint density at radius 1 is 1.34 bits per heavy atom. The number of hydrogen-bond acceptors (Lipinski definition) is 5. The third kappa shape index (κ3) is 4.90. The smallest absolute Gasteiger partial charge is 0.327 e. The Labute approximate surface area is 169 Å². The Morgan fingerprint density at radius 2 is 2.00 bits per heavy atom. The van der Waals surface area contributed by atoms with Gasteiger partial charge in [-0.15, -0.1) is 0 Å². The second-order valence-corrected chi connectivity index (χ2v) is 7.78. The molecule has 1 aromatic rings. The van der Waals surface area contributed by atoms with E-state index in [0.29, 0.717) is 19.6 Å². The zero-order valence-electron chi connectivity index (χ0n) is 17.5. The molecule has 1 aliphatic rings. The van der Waals surface area contributed by atoms with Crippen LogP contribution in [0.2, 0.25) is 0 Å². The molecule has 0 aromatic carbocycles. The molecule has 1 fully saturated rings. The van der Waals surface area contributed by atoms with Crippen LogP contribution in [0, 0.1) is 24.5 Å². The van der Waals surface area contributed by atoms with Crippen LogP contribution >= 0.6 is 0 Å². The summed E-state index contributed by atoms with van der Waals surface area (Å²) in [6.45, 7) is 7.21. The van der Waals surface area contributed by atoms with E-state index in [-0.39, 0.29) is 29.6 Å². The molecule has 2 heterocycles. The van der Waals surface area contributed by atoms with Crippen LogP contribution in [0.3, 0.4) is 0 Å². The molecule has 9 heteroatoms. The summed E-state index contributed by atoms with van der Waals surface area (Å²) in [5.74, 6) is -3.18. The number of carboxylic acids is 1. The topological polar surface area (TPSA) is 83.0 Å². The van der Waals surface area contributed by atoms with Gasteiger partial charge in [-0.05, 0) is 20.3 Å². The average Bonchev–Trinajstić information content (AvgIpc) is 2.66. The van der Waals surface area contributed by atoms with Crippen molar-refractivity contribution in [2.24, 2.45) is 5.92 Å². The summed E-state index contributed by atoms with van der Waals surface area (Å²) < 4.78 is 33.6. The minimum atomic E-state index is -1.12. The largest absolute Gasteiger partial charge is 0.480 e. The van der Waals surface area contributed by atoms with Crippen molar-refractivity contribution in [2.45, 2.75) is 52.2 Å². The predicted molar refractivity (Wildman–Crippen MR) is 102 cm³/mol. The Hall–Kier alpha value is -2.13. The molecule has 0 aliphatic carbocycles. The van der Waals surface area contributed by atoms with Gasteiger partial charge in [-0.25, -0.2) is 13.6 Å². The maximum atomic E-state index is 14.8. The van der Waals surface area contributed by atoms with E-state index in [1.165, 1.54) is 18.9 Å². The van der Waals surface area contributed by atoms with Gasteiger partial charge in [-0.3, -0.25) is 14.7 Å². The second-order valence-electron chi connectivity index (χ2n) is 7.78. The normalized spacial score (nSPS) is 21.4. The first-order valence-electron chi connectivity index (χ1n) is 9.68. The fourth-order valence-corrected chi connectivity index (χ4v) is 3.77. The van der Waals surface area contributed by atoms with Crippen molar-refractivity contribution in [1.29, 1.82) is 0 Å². The molecular formula is C20H29F2N3O4. The molecule has 0 spiro atoms. The maximum Gasteiger partial charge on any atom is 0.327 e. The van der Waals surface area contributed by atoms with Gasteiger partial charge in [0.25, 0.3) is 0 Å². The minimum Gasteiger partial charge on any atom is -0.480 e. The van der Waals surface area contributed by atoms with E-state index in [9.17, 15) is 23.5 Å². The zero-order valence-corrected chi connectivity index (χ0v) is 17.5. The molecule has 0 unspecified atom stereocenters. The Morgan fingerprint density at radius 3 is 2.55 bits per heavy atom. The number of nitrogens with zero attached hydrogens (tertiary/aromatic N) is 3. The van der Waals surface area contributed by atoms with Gasteiger partial charge in [0.2, 0.25) is 5.91 Å².